The Morgan fingerprint density at radius 3 is 0.868 bits per heavy atom. The van der Waals surface area contributed by atoms with Crippen LogP contribution in [0.2, 0.25) is 0 Å². The third-order valence-corrected chi connectivity index (χ3v) is 14.7. The summed E-state index contributed by atoms with van der Waals surface area (Å²) in [7, 11) is 4.14. The smallest absolute Gasteiger partial charge is 0.272 e. The normalized spacial score (nSPS) is 11.5. The Balaban J connectivity index is 0.731. The summed E-state index contributed by atoms with van der Waals surface area (Å²) in [6.07, 6.45) is 23.4. The molecule has 0 heterocycles. The van der Waals surface area contributed by atoms with Gasteiger partial charge in [-0.05, 0) is 49.9 Å². The SMILES string of the molecule is O=c1c(NCCOCCOCCOCCOCCCCCCCCCCCSSCCCCCCCCCCCOCCOCCOCCOCCNc2c(Oc3ccccc3)c(=O)c2=O)c(Oc2ccccc2)c1=O. The van der Waals surface area contributed by atoms with Crippen LogP contribution in [0.25, 0.3) is 0 Å². The molecule has 426 valence electrons. The Labute approximate surface area is 459 Å². The van der Waals surface area contributed by atoms with Crippen LogP contribution in [0.1, 0.15) is 116 Å². The zero-order chi connectivity index (χ0) is 53.6. The van der Waals surface area contributed by atoms with E-state index in [9.17, 15) is 19.2 Å². The standard InChI is InChI=1S/C58H88N2O14S2/c61-53-51(57(55(53)63)73-49-25-17-15-18-26-49)59-29-33-67-37-41-71-45-43-69-39-35-65-31-21-11-7-3-1-5-9-13-23-47-75-76-48-24-14-10-6-2-4-8-12-22-32-66-36-40-70-44-46-72-42-38-68-34-30-60-52-54(62)56(64)58(52)74-50-27-19-16-20-28-50/h15-20,25-28,59-60H,1-14,21-24,29-48H2. The lowest BCUT2D eigenvalue weighted by Crippen LogP contribution is -2.35. The predicted octanol–water partition coefficient (Wildman–Crippen LogP) is 10.5. The number of hydrogen-bond acceptors (Lipinski definition) is 18. The van der Waals surface area contributed by atoms with Crippen LogP contribution in [0.15, 0.2) is 79.8 Å². The van der Waals surface area contributed by atoms with E-state index in [-0.39, 0.29) is 22.9 Å². The average molecular weight is 1100 g/mol. The largest absolute Gasteiger partial charge is 0.451 e. The van der Waals surface area contributed by atoms with Crippen LogP contribution < -0.4 is 41.8 Å². The van der Waals surface area contributed by atoms with Gasteiger partial charge in [-0.15, -0.1) is 0 Å². The average Bonchev–Trinajstić information content (AvgIpc) is 3.45. The van der Waals surface area contributed by atoms with Crippen molar-refractivity contribution in [3.63, 3.8) is 0 Å². The highest BCUT2D eigenvalue weighted by molar-refractivity contribution is 8.76. The molecule has 18 heteroatoms. The van der Waals surface area contributed by atoms with Gasteiger partial charge in [-0.25, -0.2) is 0 Å². The second-order valence-electron chi connectivity index (χ2n) is 18.3. The van der Waals surface area contributed by atoms with Gasteiger partial charge in [0.2, 0.25) is 11.5 Å². The Morgan fingerprint density at radius 1 is 0.289 bits per heavy atom. The molecule has 0 bridgehead atoms. The zero-order valence-corrected chi connectivity index (χ0v) is 46.8. The molecule has 0 aliphatic rings. The molecule has 4 aromatic rings. The van der Waals surface area contributed by atoms with Crippen LogP contribution in [-0.2, 0) is 37.9 Å². The summed E-state index contributed by atoms with van der Waals surface area (Å²) in [5.74, 6) is 3.66. The first-order valence-corrected chi connectivity index (χ1v) is 30.5. The lowest BCUT2D eigenvalue weighted by atomic mass is 10.1. The minimum Gasteiger partial charge on any atom is -0.451 e. The number of para-hydroxylation sites is 2. The molecular weight excluding hydrogens is 1010 g/mol. The van der Waals surface area contributed by atoms with Gasteiger partial charge in [0.05, 0.1) is 92.5 Å². The molecule has 0 amide bonds. The first kappa shape index (κ1) is 64.7. The molecule has 0 aliphatic carbocycles. The number of nitrogens with one attached hydrogen (secondary N) is 2. The van der Waals surface area contributed by atoms with Gasteiger partial charge < -0.3 is 58.0 Å². The summed E-state index contributed by atoms with van der Waals surface area (Å²) in [5, 5.41) is 5.86. The Morgan fingerprint density at radius 2 is 0.553 bits per heavy atom. The first-order chi connectivity index (χ1) is 37.6. The highest BCUT2D eigenvalue weighted by Crippen LogP contribution is 2.27. The molecule has 0 saturated heterocycles. The summed E-state index contributed by atoms with van der Waals surface area (Å²) >= 11 is 0. The monoisotopic (exact) mass is 1100 g/mol. The third kappa shape index (κ3) is 30.4. The van der Waals surface area contributed by atoms with E-state index in [1.54, 1.807) is 48.5 Å². The fourth-order valence-corrected chi connectivity index (χ4v) is 10.1. The fraction of sp³-hybridized carbons (Fsp3) is 0.655. The second-order valence-corrected chi connectivity index (χ2v) is 21.0. The van der Waals surface area contributed by atoms with E-state index in [1.807, 2.05) is 12.1 Å². The second kappa shape index (κ2) is 45.1. The number of unbranched alkanes of at least 4 members (excludes halogenated alkanes) is 16. The van der Waals surface area contributed by atoms with Gasteiger partial charge in [0.1, 0.15) is 22.9 Å². The van der Waals surface area contributed by atoms with Crippen molar-refractivity contribution in [2.75, 3.05) is 141 Å². The van der Waals surface area contributed by atoms with Crippen molar-refractivity contribution >= 4 is 33.0 Å². The van der Waals surface area contributed by atoms with Gasteiger partial charge in [0.25, 0.3) is 21.7 Å². The van der Waals surface area contributed by atoms with Gasteiger partial charge in [-0.3, -0.25) is 19.2 Å². The number of anilines is 2. The van der Waals surface area contributed by atoms with Crippen molar-refractivity contribution < 1.29 is 47.4 Å². The van der Waals surface area contributed by atoms with Crippen molar-refractivity contribution in [1.82, 2.24) is 0 Å². The van der Waals surface area contributed by atoms with Crippen LogP contribution in [0, 0.1) is 0 Å². The van der Waals surface area contributed by atoms with Crippen molar-refractivity contribution in [1.29, 1.82) is 0 Å². The molecule has 16 nitrogen and oxygen atoms in total. The topological polar surface area (TPSA) is 185 Å². The summed E-state index contributed by atoms with van der Waals surface area (Å²) in [6, 6.07) is 17.8. The number of hydrogen-bond donors (Lipinski definition) is 2. The Kier molecular flexibility index (Phi) is 38.4. The van der Waals surface area contributed by atoms with Crippen molar-refractivity contribution in [2.24, 2.45) is 0 Å². The Bertz CT molecular complexity index is 1990. The summed E-state index contributed by atoms with van der Waals surface area (Å²) in [4.78, 5) is 47.5. The van der Waals surface area contributed by atoms with Crippen molar-refractivity contribution in [3.8, 4) is 23.0 Å². The quantitative estimate of drug-likeness (QED) is 0.0241. The first-order valence-electron chi connectivity index (χ1n) is 28.0. The maximum atomic E-state index is 11.9. The molecule has 0 spiro atoms. The minimum atomic E-state index is -0.623. The predicted molar refractivity (Wildman–Crippen MR) is 307 cm³/mol. The molecular formula is C58H88N2O14S2. The molecule has 0 aromatic heterocycles. The van der Waals surface area contributed by atoms with E-state index in [0.29, 0.717) is 117 Å². The van der Waals surface area contributed by atoms with Crippen LogP contribution in [0.3, 0.4) is 0 Å². The molecule has 0 aliphatic heterocycles. The number of ether oxygens (including phenoxy) is 10. The van der Waals surface area contributed by atoms with E-state index >= 15 is 0 Å². The van der Waals surface area contributed by atoms with Crippen LogP contribution >= 0.6 is 21.6 Å². The van der Waals surface area contributed by atoms with E-state index < -0.39 is 21.7 Å². The lowest BCUT2D eigenvalue weighted by Gasteiger charge is -2.14. The molecule has 2 N–H and O–H groups in total. The molecule has 0 fully saturated rings. The van der Waals surface area contributed by atoms with Gasteiger partial charge >= 0.3 is 0 Å². The summed E-state index contributed by atoms with van der Waals surface area (Å²) in [6.45, 7) is 9.12. The van der Waals surface area contributed by atoms with Gasteiger partial charge in [0, 0.05) is 37.8 Å². The fourth-order valence-electron chi connectivity index (χ4n) is 7.81. The molecule has 0 atom stereocenters. The van der Waals surface area contributed by atoms with E-state index in [4.69, 9.17) is 47.4 Å². The van der Waals surface area contributed by atoms with E-state index in [0.717, 1.165) is 26.1 Å². The van der Waals surface area contributed by atoms with Crippen LogP contribution in [0.4, 0.5) is 11.4 Å². The highest BCUT2D eigenvalue weighted by atomic mass is 33.1. The Hall–Kier alpha value is -3.82. The molecule has 4 aromatic carbocycles. The minimum absolute atomic E-state index is 0.0434. The van der Waals surface area contributed by atoms with Gasteiger partial charge in [-0.1, -0.05) is 148 Å². The van der Waals surface area contributed by atoms with Gasteiger partial charge in [0.15, 0.2) is 0 Å². The van der Waals surface area contributed by atoms with Crippen molar-refractivity contribution in [2.45, 2.75) is 116 Å². The number of benzene rings is 2. The molecule has 4 rings (SSSR count). The molecule has 76 heavy (non-hydrogen) atoms. The van der Waals surface area contributed by atoms with E-state index in [2.05, 4.69) is 32.2 Å². The molecule has 0 saturated carbocycles. The molecule has 0 unspecified atom stereocenters. The highest BCUT2D eigenvalue weighted by Gasteiger charge is 2.24. The van der Waals surface area contributed by atoms with E-state index in [1.165, 1.54) is 114 Å². The van der Waals surface area contributed by atoms with Crippen molar-refractivity contribution in [3.05, 3.63) is 102 Å². The zero-order valence-electron chi connectivity index (χ0n) is 45.2. The number of rotatable bonds is 55. The summed E-state index contributed by atoms with van der Waals surface area (Å²) in [5.41, 5.74) is -2.01. The lowest BCUT2D eigenvalue weighted by molar-refractivity contribution is -0.00114. The maximum Gasteiger partial charge on any atom is 0.272 e. The maximum absolute atomic E-state index is 11.9. The van der Waals surface area contributed by atoms with Crippen LogP contribution in [-0.4, -0.2) is 130 Å². The van der Waals surface area contributed by atoms with Crippen LogP contribution in [0.5, 0.6) is 23.0 Å². The van der Waals surface area contributed by atoms with Gasteiger partial charge in [-0.2, -0.15) is 0 Å². The summed E-state index contributed by atoms with van der Waals surface area (Å²) < 4.78 is 55.9. The third-order valence-electron chi connectivity index (χ3n) is 12.1. The molecule has 0 radical (unpaired) electrons.